The van der Waals surface area contributed by atoms with E-state index in [1.807, 2.05) is 11.8 Å². The van der Waals surface area contributed by atoms with Crippen LogP contribution in [0.5, 0.6) is 0 Å². The average molecular weight is 433 g/mol. The van der Waals surface area contributed by atoms with Gasteiger partial charge in [-0.1, -0.05) is 6.92 Å². The number of amides is 1. The highest BCUT2D eigenvalue weighted by Gasteiger charge is 2.48. The molecule has 0 aromatic heterocycles. The highest BCUT2D eigenvalue weighted by atomic mass is 35.5. The van der Waals surface area contributed by atoms with Crippen molar-refractivity contribution in [2.75, 3.05) is 32.8 Å². The summed E-state index contributed by atoms with van der Waals surface area (Å²) in [4.78, 5) is 16.4. The van der Waals surface area contributed by atoms with E-state index in [9.17, 15) is 13.6 Å². The van der Waals surface area contributed by atoms with E-state index in [-0.39, 0.29) is 35.7 Å². The van der Waals surface area contributed by atoms with Crippen LogP contribution in [0.25, 0.3) is 0 Å². The van der Waals surface area contributed by atoms with Crippen molar-refractivity contribution in [2.24, 2.45) is 17.8 Å². The molecule has 8 atom stereocenters. The molecule has 4 rings (SSSR count). The van der Waals surface area contributed by atoms with Gasteiger partial charge in [0.15, 0.2) is 0 Å². The fraction of sp³-hybridized carbons (Fsp3) is 0.952. The van der Waals surface area contributed by atoms with Gasteiger partial charge >= 0.3 is 0 Å². The Kier molecular flexibility index (Phi) is 6.99. The molecule has 0 bridgehead atoms. The lowest BCUT2D eigenvalue weighted by Gasteiger charge is -2.52. The van der Waals surface area contributed by atoms with Crippen LogP contribution in [-0.4, -0.2) is 78.5 Å². The topological polar surface area (TPSA) is 47.6 Å². The third-order valence-electron chi connectivity index (χ3n) is 7.76. The van der Waals surface area contributed by atoms with Crippen molar-refractivity contribution in [3.63, 3.8) is 0 Å². The Balaban J connectivity index is 1.38. The molecule has 4 aliphatic rings. The van der Waals surface area contributed by atoms with Crippen molar-refractivity contribution >= 4 is 17.5 Å². The molecule has 8 unspecified atom stereocenters. The minimum atomic E-state index is -1.07. The van der Waals surface area contributed by atoms with Gasteiger partial charge in [0.2, 0.25) is 5.91 Å². The maximum atomic E-state index is 14.6. The number of piperazine rings is 1. The molecule has 2 N–H and O–H groups in total. The van der Waals surface area contributed by atoms with Gasteiger partial charge in [0.25, 0.3) is 0 Å². The number of hydrogen-bond acceptors (Lipinski definition) is 4. The monoisotopic (exact) mass is 432 g/mol. The van der Waals surface area contributed by atoms with Crippen LogP contribution >= 0.6 is 11.6 Å². The molecule has 2 heterocycles. The van der Waals surface area contributed by atoms with Gasteiger partial charge in [0.1, 0.15) is 12.3 Å². The lowest BCUT2D eigenvalue weighted by molar-refractivity contribution is -0.133. The Hall–Kier alpha value is -0.500. The second kappa shape index (κ2) is 9.33. The molecule has 5 nitrogen and oxygen atoms in total. The van der Waals surface area contributed by atoms with E-state index in [0.717, 1.165) is 45.7 Å². The highest BCUT2D eigenvalue weighted by molar-refractivity contribution is 6.20. The lowest BCUT2D eigenvalue weighted by atomic mass is 9.67. The van der Waals surface area contributed by atoms with Gasteiger partial charge in [0, 0.05) is 63.0 Å². The minimum absolute atomic E-state index is 0.0389. The van der Waals surface area contributed by atoms with Crippen molar-refractivity contribution in [1.29, 1.82) is 0 Å². The third kappa shape index (κ3) is 4.58. The standard InChI is InChI=1S/C21H35ClF2N4O/c1-2-20(29)27-5-7-28(8-6-27)21-16-10-17(22)15(11-19(16)25-12-26-21)14-4-3-13(23)9-18(14)24/h13-19,21,25-26H,2-12H2,1H3. The summed E-state index contributed by atoms with van der Waals surface area (Å²) >= 11 is 6.84. The molecule has 8 heteroatoms. The van der Waals surface area contributed by atoms with E-state index in [0.29, 0.717) is 31.2 Å². The fourth-order valence-corrected chi connectivity index (χ4v) is 6.63. The quantitative estimate of drug-likeness (QED) is 0.673. The maximum Gasteiger partial charge on any atom is 0.222 e. The zero-order chi connectivity index (χ0) is 20.5. The second-order valence-electron chi connectivity index (χ2n) is 9.31. The Morgan fingerprint density at radius 1 is 1.00 bits per heavy atom. The molecular weight excluding hydrogens is 398 g/mol. The van der Waals surface area contributed by atoms with Crippen LogP contribution in [0.2, 0.25) is 0 Å². The Morgan fingerprint density at radius 2 is 1.76 bits per heavy atom. The Morgan fingerprint density at radius 3 is 2.45 bits per heavy atom. The van der Waals surface area contributed by atoms with E-state index in [4.69, 9.17) is 11.6 Å². The maximum absolute atomic E-state index is 14.6. The zero-order valence-electron chi connectivity index (χ0n) is 17.3. The van der Waals surface area contributed by atoms with Gasteiger partial charge in [-0.3, -0.25) is 15.0 Å². The number of nitrogens with zero attached hydrogens (tertiary/aromatic N) is 2. The van der Waals surface area contributed by atoms with Crippen LogP contribution in [0.15, 0.2) is 0 Å². The molecule has 0 spiro atoms. The number of carbonyl (C=O) groups excluding carboxylic acids is 1. The van der Waals surface area contributed by atoms with E-state index < -0.39 is 12.3 Å². The van der Waals surface area contributed by atoms with Gasteiger partial charge < -0.3 is 10.2 Å². The van der Waals surface area contributed by atoms with Gasteiger partial charge in [-0.15, -0.1) is 11.6 Å². The van der Waals surface area contributed by atoms with Crippen LogP contribution in [0.1, 0.15) is 45.4 Å². The van der Waals surface area contributed by atoms with Crippen LogP contribution in [-0.2, 0) is 4.79 Å². The highest BCUT2D eigenvalue weighted by Crippen LogP contribution is 2.45. The molecule has 0 aromatic carbocycles. The Bertz CT molecular complexity index is 577. The summed E-state index contributed by atoms with van der Waals surface area (Å²) in [5.74, 6) is 0.604. The molecule has 2 saturated heterocycles. The number of carbonyl (C=O) groups is 1. The van der Waals surface area contributed by atoms with Crippen molar-refractivity contribution in [3.05, 3.63) is 0 Å². The van der Waals surface area contributed by atoms with Crippen molar-refractivity contribution in [2.45, 2.75) is 75.4 Å². The predicted molar refractivity (Wildman–Crippen MR) is 110 cm³/mol. The molecule has 2 aliphatic heterocycles. The van der Waals surface area contributed by atoms with E-state index >= 15 is 0 Å². The SMILES string of the molecule is CCC(=O)N1CCN(C2NCNC3CC(C4CCC(F)CC4F)C(Cl)CC32)CC1. The number of nitrogens with one attached hydrogen (secondary N) is 2. The predicted octanol–water partition coefficient (Wildman–Crippen LogP) is 2.50. The number of halogens is 3. The summed E-state index contributed by atoms with van der Waals surface area (Å²) in [6.45, 7) is 5.94. The van der Waals surface area contributed by atoms with Gasteiger partial charge in [-0.05, 0) is 37.5 Å². The average Bonchev–Trinajstić information content (AvgIpc) is 2.73. The molecule has 166 valence electrons. The van der Waals surface area contributed by atoms with Gasteiger partial charge in [-0.2, -0.15) is 0 Å². The summed E-state index contributed by atoms with van der Waals surface area (Å²) in [6.07, 6.45) is 1.58. The number of fused-ring (bicyclic) bond motifs is 1. The first-order chi connectivity index (χ1) is 14.0. The normalized spacial score (nSPS) is 44.3. The summed E-state index contributed by atoms with van der Waals surface area (Å²) < 4.78 is 28.2. The van der Waals surface area contributed by atoms with E-state index in [2.05, 4.69) is 15.5 Å². The number of rotatable bonds is 3. The molecule has 2 aliphatic carbocycles. The first-order valence-electron chi connectivity index (χ1n) is 11.4. The molecule has 0 aromatic rings. The molecule has 0 radical (unpaired) electrons. The van der Waals surface area contributed by atoms with Crippen molar-refractivity contribution < 1.29 is 13.6 Å². The van der Waals surface area contributed by atoms with Gasteiger partial charge in [0.05, 0.1) is 6.17 Å². The third-order valence-corrected chi connectivity index (χ3v) is 8.26. The first-order valence-corrected chi connectivity index (χ1v) is 11.8. The van der Waals surface area contributed by atoms with Crippen LogP contribution in [0.3, 0.4) is 0 Å². The summed E-state index contributed by atoms with van der Waals surface area (Å²) in [6, 6.07) is 0.312. The largest absolute Gasteiger partial charge is 0.340 e. The van der Waals surface area contributed by atoms with E-state index in [1.165, 1.54) is 0 Å². The van der Waals surface area contributed by atoms with Crippen LogP contribution in [0.4, 0.5) is 8.78 Å². The van der Waals surface area contributed by atoms with Gasteiger partial charge in [-0.25, -0.2) is 8.78 Å². The molecule has 1 amide bonds. The summed E-state index contributed by atoms with van der Waals surface area (Å²) in [7, 11) is 0. The Labute approximate surface area is 177 Å². The fourth-order valence-electron chi connectivity index (χ4n) is 6.13. The first kappa shape index (κ1) is 21.7. The smallest absolute Gasteiger partial charge is 0.222 e. The molecule has 2 saturated carbocycles. The lowest BCUT2D eigenvalue weighted by Crippen LogP contribution is -2.68. The number of alkyl halides is 3. The summed E-state index contributed by atoms with van der Waals surface area (Å²) in [5, 5.41) is 7.12. The number of hydrogen-bond donors (Lipinski definition) is 2. The minimum Gasteiger partial charge on any atom is -0.340 e. The molecule has 4 fully saturated rings. The van der Waals surface area contributed by atoms with E-state index in [1.54, 1.807) is 0 Å². The molecular formula is C21H35ClF2N4O. The van der Waals surface area contributed by atoms with Crippen LogP contribution < -0.4 is 10.6 Å². The molecule has 29 heavy (non-hydrogen) atoms. The van der Waals surface area contributed by atoms with Crippen molar-refractivity contribution in [1.82, 2.24) is 20.4 Å². The van der Waals surface area contributed by atoms with Crippen LogP contribution in [0, 0.1) is 17.8 Å². The zero-order valence-corrected chi connectivity index (χ0v) is 18.1. The van der Waals surface area contributed by atoms with Crippen molar-refractivity contribution in [3.8, 4) is 0 Å². The second-order valence-corrected chi connectivity index (χ2v) is 9.87. The summed E-state index contributed by atoms with van der Waals surface area (Å²) in [5.41, 5.74) is 0.